The molecule has 0 unspecified atom stereocenters. The lowest BCUT2D eigenvalue weighted by Crippen LogP contribution is -2.44. The van der Waals surface area contributed by atoms with E-state index in [4.69, 9.17) is 19.0 Å². The average molecular weight is 349 g/mol. The maximum absolute atomic E-state index is 12.3. The predicted octanol–water partition coefficient (Wildman–Crippen LogP) is 0.562. The van der Waals surface area contributed by atoms with Gasteiger partial charge >= 0.3 is 17.9 Å². The lowest BCUT2D eigenvalue weighted by Gasteiger charge is -2.23. The van der Waals surface area contributed by atoms with Gasteiger partial charge in [0.2, 0.25) is 0 Å². The van der Waals surface area contributed by atoms with E-state index in [0.29, 0.717) is 18.5 Å². The summed E-state index contributed by atoms with van der Waals surface area (Å²) < 4.78 is 15.1. The Morgan fingerprint density at radius 3 is 2.40 bits per heavy atom. The Morgan fingerprint density at radius 2 is 1.76 bits per heavy atom. The van der Waals surface area contributed by atoms with Crippen LogP contribution in [0.3, 0.4) is 0 Å². The van der Waals surface area contributed by atoms with Crippen molar-refractivity contribution in [1.82, 2.24) is 5.06 Å². The van der Waals surface area contributed by atoms with Crippen molar-refractivity contribution in [3.8, 4) is 0 Å². The molecule has 0 saturated carbocycles. The number of carbonyl (C=O) groups is 3. The molecule has 1 aromatic rings. The van der Waals surface area contributed by atoms with E-state index < -0.39 is 42.1 Å². The van der Waals surface area contributed by atoms with Crippen molar-refractivity contribution in [2.45, 2.75) is 24.7 Å². The van der Waals surface area contributed by atoms with Gasteiger partial charge in [-0.15, -0.1) is 0 Å². The van der Waals surface area contributed by atoms with Crippen molar-refractivity contribution in [2.75, 3.05) is 20.8 Å². The van der Waals surface area contributed by atoms with E-state index in [1.54, 1.807) is 30.3 Å². The fraction of sp³-hybridized carbons (Fsp3) is 0.471. The van der Waals surface area contributed by atoms with E-state index in [9.17, 15) is 14.4 Å². The summed E-state index contributed by atoms with van der Waals surface area (Å²) in [6.45, 7) is 0.429. The first kappa shape index (κ1) is 17.4. The van der Waals surface area contributed by atoms with Crippen LogP contribution in [0.4, 0.5) is 0 Å². The van der Waals surface area contributed by atoms with E-state index in [0.717, 1.165) is 0 Å². The number of hydrogen-bond donors (Lipinski definition) is 0. The molecular weight excluding hydrogens is 330 g/mol. The average Bonchev–Trinajstić information content (AvgIpc) is 3.21. The van der Waals surface area contributed by atoms with Crippen molar-refractivity contribution >= 4 is 17.9 Å². The monoisotopic (exact) mass is 349 g/mol. The van der Waals surface area contributed by atoms with Crippen LogP contribution in [0.25, 0.3) is 0 Å². The molecule has 2 fully saturated rings. The number of hydroxylamine groups is 2. The van der Waals surface area contributed by atoms with Crippen LogP contribution in [0.5, 0.6) is 0 Å². The molecule has 0 aliphatic carbocycles. The van der Waals surface area contributed by atoms with Gasteiger partial charge < -0.3 is 14.2 Å². The number of hydrogen-bond acceptors (Lipinski definition) is 8. The SMILES string of the molecule is COC(=O)[C@H]1[C@@H]2[C@H](OC(=O)c3ccccc3)CCN2O[C@H]1C(=O)OC. The minimum atomic E-state index is -1.11. The third kappa shape index (κ3) is 3.22. The van der Waals surface area contributed by atoms with Crippen LogP contribution in [0.15, 0.2) is 30.3 Å². The Balaban J connectivity index is 1.80. The predicted molar refractivity (Wildman–Crippen MR) is 83.2 cm³/mol. The zero-order valence-electron chi connectivity index (χ0n) is 13.9. The molecule has 8 heteroatoms. The molecule has 0 bridgehead atoms. The molecule has 0 spiro atoms. The zero-order valence-corrected chi connectivity index (χ0v) is 13.9. The maximum atomic E-state index is 12.3. The van der Waals surface area contributed by atoms with E-state index >= 15 is 0 Å². The summed E-state index contributed by atoms with van der Waals surface area (Å²) >= 11 is 0. The molecule has 2 heterocycles. The Labute approximate surface area is 144 Å². The van der Waals surface area contributed by atoms with Crippen LogP contribution in [-0.4, -0.2) is 62.0 Å². The Bertz CT molecular complexity index is 662. The van der Waals surface area contributed by atoms with E-state index in [-0.39, 0.29) is 0 Å². The molecule has 25 heavy (non-hydrogen) atoms. The number of fused-ring (bicyclic) bond motifs is 1. The fourth-order valence-corrected chi connectivity index (χ4v) is 3.30. The molecule has 2 aliphatic heterocycles. The second kappa shape index (κ2) is 7.20. The quantitative estimate of drug-likeness (QED) is 0.575. The summed E-state index contributed by atoms with van der Waals surface area (Å²) in [5.74, 6) is -2.69. The van der Waals surface area contributed by atoms with Crippen LogP contribution < -0.4 is 0 Å². The number of benzene rings is 1. The van der Waals surface area contributed by atoms with Gasteiger partial charge in [0.05, 0.1) is 25.8 Å². The van der Waals surface area contributed by atoms with E-state index in [1.165, 1.54) is 19.3 Å². The summed E-state index contributed by atoms with van der Waals surface area (Å²) in [7, 11) is 2.45. The number of carbonyl (C=O) groups excluding carboxylic acids is 3. The second-order valence-corrected chi connectivity index (χ2v) is 5.83. The maximum Gasteiger partial charge on any atom is 0.338 e. The minimum Gasteiger partial charge on any atom is -0.469 e. The largest absolute Gasteiger partial charge is 0.469 e. The zero-order chi connectivity index (χ0) is 18.0. The number of rotatable bonds is 4. The molecule has 134 valence electrons. The minimum absolute atomic E-state index is 0.416. The molecule has 8 nitrogen and oxygen atoms in total. The van der Waals surface area contributed by atoms with Gasteiger partial charge in [-0.2, -0.15) is 5.06 Å². The van der Waals surface area contributed by atoms with E-state index in [1.807, 2.05) is 0 Å². The summed E-state index contributed by atoms with van der Waals surface area (Å²) in [6, 6.07) is 7.98. The third-order valence-electron chi connectivity index (χ3n) is 4.47. The molecule has 0 aromatic heterocycles. The first-order valence-electron chi connectivity index (χ1n) is 7.92. The molecular formula is C17H19NO7. The normalized spacial score (nSPS) is 28.2. The fourth-order valence-electron chi connectivity index (χ4n) is 3.30. The van der Waals surface area contributed by atoms with Gasteiger partial charge in [0.25, 0.3) is 0 Å². The highest BCUT2D eigenvalue weighted by atomic mass is 16.7. The van der Waals surface area contributed by atoms with Crippen LogP contribution >= 0.6 is 0 Å². The Kier molecular flexibility index (Phi) is 5.00. The highest BCUT2D eigenvalue weighted by Gasteiger charge is 2.58. The summed E-state index contributed by atoms with van der Waals surface area (Å²) in [6.07, 6.45) is -1.21. The second-order valence-electron chi connectivity index (χ2n) is 5.83. The highest BCUT2D eigenvalue weighted by molar-refractivity contribution is 5.89. The summed E-state index contributed by atoms with van der Waals surface area (Å²) in [5.41, 5.74) is 0.416. The molecule has 0 N–H and O–H groups in total. The first-order valence-corrected chi connectivity index (χ1v) is 7.92. The van der Waals surface area contributed by atoms with Crippen LogP contribution in [0, 0.1) is 5.92 Å². The van der Waals surface area contributed by atoms with Crippen LogP contribution in [0.1, 0.15) is 16.8 Å². The summed E-state index contributed by atoms with van der Waals surface area (Å²) in [5, 5.41) is 1.51. The van der Waals surface area contributed by atoms with Gasteiger partial charge in [-0.25, -0.2) is 9.59 Å². The van der Waals surface area contributed by atoms with Crippen LogP contribution in [-0.2, 0) is 28.6 Å². The van der Waals surface area contributed by atoms with Crippen molar-refractivity contribution < 1.29 is 33.4 Å². The molecule has 0 amide bonds. The molecule has 3 rings (SSSR count). The van der Waals surface area contributed by atoms with Crippen molar-refractivity contribution in [2.24, 2.45) is 5.92 Å². The van der Waals surface area contributed by atoms with Gasteiger partial charge in [0.15, 0.2) is 6.10 Å². The lowest BCUT2D eigenvalue weighted by atomic mass is 9.91. The smallest absolute Gasteiger partial charge is 0.338 e. The number of ether oxygens (including phenoxy) is 3. The number of esters is 3. The van der Waals surface area contributed by atoms with Gasteiger partial charge in [0.1, 0.15) is 12.0 Å². The van der Waals surface area contributed by atoms with E-state index in [2.05, 4.69) is 0 Å². The van der Waals surface area contributed by atoms with Crippen molar-refractivity contribution in [3.05, 3.63) is 35.9 Å². The lowest BCUT2D eigenvalue weighted by molar-refractivity contribution is -0.184. The van der Waals surface area contributed by atoms with Gasteiger partial charge in [-0.05, 0) is 12.1 Å². The van der Waals surface area contributed by atoms with Gasteiger partial charge in [-0.1, -0.05) is 18.2 Å². The molecule has 4 atom stereocenters. The Morgan fingerprint density at radius 1 is 1.08 bits per heavy atom. The number of methoxy groups -OCH3 is 2. The third-order valence-corrected chi connectivity index (χ3v) is 4.47. The number of nitrogens with zero attached hydrogens (tertiary/aromatic N) is 1. The van der Waals surface area contributed by atoms with Gasteiger partial charge in [0, 0.05) is 13.0 Å². The first-order chi connectivity index (χ1) is 12.1. The van der Waals surface area contributed by atoms with Gasteiger partial charge in [-0.3, -0.25) is 9.63 Å². The summed E-state index contributed by atoms with van der Waals surface area (Å²) in [4.78, 5) is 42.0. The van der Waals surface area contributed by atoms with Crippen LogP contribution in [0.2, 0.25) is 0 Å². The highest BCUT2D eigenvalue weighted by Crippen LogP contribution is 2.38. The van der Waals surface area contributed by atoms with Crippen molar-refractivity contribution in [3.63, 3.8) is 0 Å². The van der Waals surface area contributed by atoms with Crippen molar-refractivity contribution in [1.29, 1.82) is 0 Å². The Hall–Kier alpha value is -2.45. The molecule has 2 saturated heterocycles. The topological polar surface area (TPSA) is 91.4 Å². The molecule has 1 aromatic carbocycles. The molecule has 2 aliphatic rings. The standard InChI is InChI=1S/C17H19NO7/c1-22-16(20)12-13-11(24-15(19)10-6-4-3-5-7-10)8-9-18(13)25-14(12)17(21)23-2/h3-7,11-14H,8-9H2,1-2H3/t11-,12+,13+,14-/m1/s1. The molecule has 0 radical (unpaired) electrons.